The fraction of sp³-hybridized carbons (Fsp3) is 0.400. The van der Waals surface area contributed by atoms with Crippen molar-refractivity contribution in [3.05, 3.63) is 35.9 Å². The molecule has 0 atom stereocenters. The summed E-state index contributed by atoms with van der Waals surface area (Å²) in [5.41, 5.74) is 0.909. The quantitative estimate of drug-likeness (QED) is 0.749. The summed E-state index contributed by atoms with van der Waals surface area (Å²) in [5, 5.41) is 0. The Labute approximate surface area is 109 Å². The molecule has 18 heavy (non-hydrogen) atoms. The summed E-state index contributed by atoms with van der Waals surface area (Å²) >= 11 is 0. The second kappa shape index (κ2) is 6.84. The maximum Gasteiger partial charge on any atom is 0.246 e. The van der Waals surface area contributed by atoms with E-state index in [0.717, 1.165) is 17.9 Å². The molecule has 0 heterocycles. The summed E-state index contributed by atoms with van der Waals surface area (Å²) < 4.78 is 5.23. The van der Waals surface area contributed by atoms with Gasteiger partial charge in [0.25, 0.3) is 0 Å². The van der Waals surface area contributed by atoms with Crippen molar-refractivity contribution in [2.45, 2.75) is 13.8 Å². The van der Waals surface area contributed by atoms with Crippen LogP contribution in [-0.4, -0.2) is 31.5 Å². The molecular weight excluding hydrogens is 226 g/mol. The average Bonchev–Trinajstić information content (AvgIpc) is 2.35. The molecule has 1 aromatic rings. The Kier molecular flexibility index (Phi) is 5.43. The summed E-state index contributed by atoms with van der Waals surface area (Å²) in [6.45, 7) is 4.94. The van der Waals surface area contributed by atoms with Gasteiger partial charge >= 0.3 is 0 Å². The third-order valence-corrected chi connectivity index (χ3v) is 2.56. The molecule has 0 fully saturated rings. The Balaban J connectivity index is 2.71. The number of likely N-dealkylation sites (N-methyl/N-ethyl adjacent to an activating group) is 1. The molecule has 0 aliphatic heterocycles. The number of rotatable bonds is 5. The first kappa shape index (κ1) is 14.3. The summed E-state index contributed by atoms with van der Waals surface area (Å²) in [6, 6.07) is 7.63. The highest BCUT2D eigenvalue weighted by Crippen LogP contribution is 2.18. The molecule has 3 nitrogen and oxygen atoms in total. The molecule has 0 saturated heterocycles. The zero-order valence-electron chi connectivity index (χ0n) is 11.5. The predicted molar refractivity (Wildman–Crippen MR) is 74.5 cm³/mol. The zero-order valence-corrected chi connectivity index (χ0v) is 11.5. The molecular formula is C15H21NO2. The molecule has 0 saturated carbocycles. The van der Waals surface area contributed by atoms with E-state index < -0.39 is 0 Å². The van der Waals surface area contributed by atoms with Gasteiger partial charge in [0.05, 0.1) is 7.11 Å². The van der Waals surface area contributed by atoms with Gasteiger partial charge in [-0.15, -0.1) is 0 Å². The van der Waals surface area contributed by atoms with Crippen molar-refractivity contribution in [1.82, 2.24) is 4.90 Å². The van der Waals surface area contributed by atoms with Gasteiger partial charge in [0.2, 0.25) is 5.91 Å². The Hall–Kier alpha value is -1.77. The Bertz CT molecular complexity index is 424. The van der Waals surface area contributed by atoms with Gasteiger partial charge in [-0.3, -0.25) is 4.79 Å². The minimum atomic E-state index is 0.00889. The molecule has 0 N–H and O–H groups in total. The van der Waals surface area contributed by atoms with Gasteiger partial charge < -0.3 is 9.64 Å². The number of benzene rings is 1. The first-order chi connectivity index (χ1) is 8.54. The number of methoxy groups -OCH3 is 1. The molecule has 0 aromatic heterocycles. The lowest BCUT2D eigenvalue weighted by Crippen LogP contribution is -2.28. The Morgan fingerprint density at radius 3 is 2.67 bits per heavy atom. The van der Waals surface area contributed by atoms with E-state index >= 15 is 0 Å². The van der Waals surface area contributed by atoms with Crippen molar-refractivity contribution in [3.63, 3.8) is 0 Å². The largest absolute Gasteiger partial charge is 0.496 e. The van der Waals surface area contributed by atoms with E-state index in [1.54, 1.807) is 24.2 Å². The molecule has 0 radical (unpaired) electrons. The van der Waals surface area contributed by atoms with E-state index in [-0.39, 0.29) is 5.91 Å². The van der Waals surface area contributed by atoms with Crippen molar-refractivity contribution in [2.24, 2.45) is 5.92 Å². The molecule has 0 aliphatic carbocycles. The van der Waals surface area contributed by atoms with Crippen molar-refractivity contribution >= 4 is 12.0 Å². The third kappa shape index (κ3) is 4.24. The van der Waals surface area contributed by atoms with Crippen LogP contribution in [0.25, 0.3) is 6.08 Å². The molecule has 0 spiro atoms. The van der Waals surface area contributed by atoms with Crippen LogP contribution in [0.15, 0.2) is 30.3 Å². The normalized spacial score (nSPS) is 10.9. The molecule has 0 aliphatic rings. The number of nitrogens with zero attached hydrogens (tertiary/aromatic N) is 1. The van der Waals surface area contributed by atoms with Crippen LogP contribution in [-0.2, 0) is 4.79 Å². The van der Waals surface area contributed by atoms with E-state index in [0.29, 0.717) is 5.92 Å². The van der Waals surface area contributed by atoms with E-state index in [2.05, 4.69) is 13.8 Å². The molecule has 0 unspecified atom stereocenters. The summed E-state index contributed by atoms with van der Waals surface area (Å²) in [7, 11) is 3.44. The minimum Gasteiger partial charge on any atom is -0.496 e. The number of hydrogen-bond donors (Lipinski definition) is 0. The van der Waals surface area contributed by atoms with E-state index in [4.69, 9.17) is 4.74 Å². The SMILES string of the molecule is COc1ccccc1/C=C/C(=O)N(C)CC(C)C. The third-order valence-electron chi connectivity index (χ3n) is 2.56. The molecule has 1 rings (SSSR count). The molecule has 1 aromatic carbocycles. The van der Waals surface area contributed by atoms with Gasteiger partial charge in [0.1, 0.15) is 5.75 Å². The number of para-hydroxylation sites is 1. The second-order valence-electron chi connectivity index (χ2n) is 4.69. The first-order valence-electron chi connectivity index (χ1n) is 6.10. The summed E-state index contributed by atoms with van der Waals surface area (Å²) in [5.74, 6) is 1.25. The van der Waals surface area contributed by atoms with Crippen LogP contribution in [0.2, 0.25) is 0 Å². The predicted octanol–water partition coefficient (Wildman–Crippen LogP) is 2.82. The van der Waals surface area contributed by atoms with Gasteiger partial charge in [-0.25, -0.2) is 0 Å². The van der Waals surface area contributed by atoms with Crippen LogP contribution < -0.4 is 4.74 Å². The van der Waals surface area contributed by atoms with E-state index in [9.17, 15) is 4.79 Å². The lowest BCUT2D eigenvalue weighted by atomic mass is 10.1. The molecule has 3 heteroatoms. The number of hydrogen-bond acceptors (Lipinski definition) is 2. The van der Waals surface area contributed by atoms with Gasteiger partial charge in [0.15, 0.2) is 0 Å². The van der Waals surface area contributed by atoms with Crippen LogP contribution in [0, 0.1) is 5.92 Å². The number of carbonyl (C=O) groups excluding carboxylic acids is 1. The summed E-state index contributed by atoms with van der Waals surface area (Å²) in [6.07, 6.45) is 3.37. The highest BCUT2D eigenvalue weighted by atomic mass is 16.5. The van der Waals surface area contributed by atoms with Gasteiger partial charge in [-0.2, -0.15) is 0 Å². The average molecular weight is 247 g/mol. The van der Waals surface area contributed by atoms with Crippen molar-refractivity contribution in [3.8, 4) is 5.75 Å². The van der Waals surface area contributed by atoms with Gasteiger partial charge in [-0.05, 0) is 18.1 Å². The smallest absolute Gasteiger partial charge is 0.246 e. The highest BCUT2D eigenvalue weighted by Gasteiger charge is 2.06. The van der Waals surface area contributed by atoms with Gasteiger partial charge in [0, 0.05) is 25.2 Å². The van der Waals surface area contributed by atoms with Crippen LogP contribution in [0.1, 0.15) is 19.4 Å². The lowest BCUT2D eigenvalue weighted by molar-refractivity contribution is -0.125. The van der Waals surface area contributed by atoms with Crippen LogP contribution in [0.5, 0.6) is 5.75 Å². The minimum absolute atomic E-state index is 0.00889. The second-order valence-corrected chi connectivity index (χ2v) is 4.69. The van der Waals surface area contributed by atoms with Crippen LogP contribution in [0.3, 0.4) is 0 Å². The molecule has 98 valence electrons. The van der Waals surface area contributed by atoms with Crippen LogP contribution in [0.4, 0.5) is 0 Å². The van der Waals surface area contributed by atoms with E-state index in [1.807, 2.05) is 31.3 Å². The van der Waals surface area contributed by atoms with Crippen molar-refractivity contribution in [1.29, 1.82) is 0 Å². The fourth-order valence-electron chi connectivity index (χ4n) is 1.73. The monoisotopic (exact) mass is 247 g/mol. The highest BCUT2D eigenvalue weighted by molar-refractivity contribution is 5.92. The Morgan fingerprint density at radius 1 is 1.39 bits per heavy atom. The zero-order chi connectivity index (χ0) is 13.5. The summed E-state index contributed by atoms with van der Waals surface area (Å²) in [4.78, 5) is 13.6. The number of ether oxygens (including phenoxy) is 1. The van der Waals surface area contributed by atoms with Crippen molar-refractivity contribution in [2.75, 3.05) is 20.7 Å². The fourth-order valence-corrected chi connectivity index (χ4v) is 1.73. The van der Waals surface area contributed by atoms with Crippen LogP contribution >= 0.6 is 0 Å². The molecule has 1 amide bonds. The first-order valence-corrected chi connectivity index (χ1v) is 6.10. The maximum absolute atomic E-state index is 11.8. The van der Waals surface area contributed by atoms with Gasteiger partial charge in [-0.1, -0.05) is 32.0 Å². The topological polar surface area (TPSA) is 29.5 Å². The van der Waals surface area contributed by atoms with Crippen molar-refractivity contribution < 1.29 is 9.53 Å². The Morgan fingerprint density at radius 2 is 2.06 bits per heavy atom. The maximum atomic E-state index is 11.8. The number of carbonyl (C=O) groups is 1. The van der Waals surface area contributed by atoms with E-state index in [1.165, 1.54) is 0 Å². The lowest BCUT2D eigenvalue weighted by Gasteiger charge is -2.17. The standard InChI is InChI=1S/C15H21NO2/c1-12(2)11-16(3)15(17)10-9-13-7-5-6-8-14(13)18-4/h5-10,12H,11H2,1-4H3/b10-9+. The molecule has 0 bridgehead atoms. The number of amides is 1.